The van der Waals surface area contributed by atoms with Gasteiger partial charge in [-0.3, -0.25) is 14.6 Å². The molecule has 35 heavy (non-hydrogen) atoms. The van der Waals surface area contributed by atoms with Gasteiger partial charge in [-0.2, -0.15) is 0 Å². The number of carbonyl (C=O) groups is 2. The number of benzene rings is 1. The van der Waals surface area contributed by atoms with Gasteiger partial charge in [0.05, 0.1) is 36.3 Å². The number of fused-ring (bicyclic) bond motifs is 1. The van der Waals surface area contributed by atoms with Crippen LogP contribution >= 0.6 is 0 Å². The van der Waals surface area contributed by atoms with Gasteiger partial charge in [0.2, 0.25) is 0 Å². The van der Waals surface area contributed by atoms with Crippen LogP contribution in [0.3, 0.4) is 0 Å². The number of aromatic amines is 1. The van der Waals surface area contributed by atoms with Crippen LogP contribution in [0.4, 0.5) is 11.5 Å². The Morgan fingerprint density at radius 1 is 1.09 bits per heavy atom. The average Bonchev–Trinajstić information content (AvgIpc) is 3.35. The molecule has 4 heterocycles. The first kappa shape index (κ1) is 22.6. The molecule has 0 aliphatic carbocycles. The molecule has 0 saturated carbocycles. The van der Waals surface area contributed by atoms with Gasteiger partial charge in [0.1, 0.15) is 23.5 Å². The minimum absolute atomic E-state index is 0.00650. The second kappa shape index (κ2) is 10.00. The molecular weight excluding hydrogens is 448 g/mol. The van der Waals surface area contributed by atoms with Gasteiger partial charge in [-0.05, 0) is 49.2 Å². The van der Waals surface area contributed by atoms with E-state index in [1.54, 1.807) is 54.9 Å². The van der Waals surface area contributed by atoms with Crippen molar-refractivity contribution in [2.75, 3.05) is 23.8 Å². The third kappa shape index (κ3) is 4.88. The SMILES string of the molecule is O=C(Nc1ccc(C(=O)c2c[nH]c3ncnc(N[C@H]4CC[C@@H](CO)OC4)c23)cc1)c1ccccn1. The summed E-state index contributed by atoms with van der Waals surface area (Å²) in [5.41, 5.74) is 2.32. The van der Waals surface area contributed by atoms with E-state index >= 15 is 0 Å². The molecule has 0 radical (unpaired) electrons. The highest BCUT2D eigenvalue weighted by Gasteiger charge is 2.24. The molecule has 1 amide bonds. The average molecular weight is 473 g/mol. The first-order chi connectivity index (χ1) is 17.1. The molecule has 2 atom stereocenters. The minimum atomic E-state index is -0.328. The Bertz CT molecular complexity index is 1330. The Morgan fingerprint density at radius 2 is 1.94 bits per heavy atom. The van der Waals surface area contributed by atoms with Crippen molar-refractivity contribution in [3.63, 3.8) is 0 Å². The third-order valence-corrected chi connectivity index (χ3v) is 5.93. The van der Waals surface area contributed by atoms with Crippen molar-refractivity contribution in [1.82, 2.24) is 19.9 Å². The molecule has 3 aromatic heterocycles. The summed E-state index contributed by atoms with van der Waals surface area (Å²) in [5, 5.41) is 16.0. The van der Waals surface area contributed by atoms with Crippen LogP contribution in [0.2, 0.25) is 0 Å². The number of amides is 1. The molecule has 1 fully saturated rings. The zero-order valence-corrected chi connectivity index (χ0v) is 18.8. The summed E-state index contributed by atoms with van der Waals surface area (Å²) < 4.78 is 5.65. The fourth-order valence-corrected chi connectivity index (χ4v) is 4.06. The van der Waals surface area contributed by atoms with Crippen molar-refractivity contribution < 1.29 is 19.4 Å². The standard InChI is InChI=1S/C25H24N6O4/c32-12-18-9-8-17(13-35-18)30-24-21-19(11-27-23(21)28-14-29-24)22(33)15-4-6-16(7-5-15)31-25(34)20-3-1-2-10-26-20/h1-7,10-11,14,17-18,32H,8-9,12-13H2,(H,31,34)(H2,27,28,29,30)/t17-,18-/m0/s1. The quantitative estimate of drug-likeness (QED) is 0.301. The van der Waals surface area contributed by atoms with E-state index < -0.39 is 0 Å². The van der Waals surface area contributed by atoms with Gasteiger partial charge in [0.25, 0.3) is 5.91 Å². The highest BCUT2D eigenvalue weighted by atomic mass is 16.5. The van der Waals surface area contributed by atoms with Gasteiger partial charge in [0.15, 0.2) is 5.78 Å². The van der Waals surface area contributed by atoms with E-state index in [1.165, 1.54) is 6.33 Å². The first-order valence-corrected chi connectivity index (χ1v) is 11.3. The lowest BCUT2D eigenvalue weighted by Crippen LogP contribution is -2.36. The summed E-state index contributed by atoms with van der Waals surface area (Å²) >= 11 is 0. The summed E-state index contributed by atoms with van der Waals surface area (Å²) in [6.07, 6.45) is 6.04. The van der Waals surface area contributed by atoms with Crippen molar-refractivity contribution in [1.29, 1.82) is 0 Å². The van der Waals surface area contributed by atoms with Gasteiger partial charge in [-0.15, -0.1) is 0 Å². The Kier molecular flexibility index (Phi) is 6.47. The van der Waals surface area contributed by atoms with Crippen molar-refractivity contribution in [2.24, 2.45) is 0 Å². The Morgan fingerprint density at radius 3 is 2.66 bits per heavy atom. The molecule has 5 rings (SSSR count). The van der Waals surface area contributed by atoms with E-state index in [4.69, 9.17) is 4.74 Å². The van der Waals surface area contributed by atoms with Crippen molar-refractivity contribution in [2.45, 2.75) is 25.0 Å². The molecule has 0 bridgehead atoms. The number of H-pyrrole nitrogens is 1. The predicted molar refractivity (Wildman–Crippen MR) is 129 cm³/mol. The van der Waals surface area contributed by atoms with Crippen LogP contribution in [-0.2, 0) is 4.74 Å². The number of hydrogen-bond acceptors (Lipinski definition) is 8. The monoisotopic (exact) mass is 472 g/mol. The van der Waals surface area contributed by atoms with Crippen LogP contribution in [0.25, 0.3) is 11.0 Å². The number of rotatable bonds is 7. The number of aromatic nitrogens is 4. The van der Waals surface area contributed by atoms with Gasteiger partial charge in [-0.25, -0.2) is 9.97 Å². The molecule has 4 aromatic rings. The molecule has 10 heteroatoms. The molecule has 1 aliphatic heterocycles. The van der Waals surface area contributed by atoms with Crippen molar-refractivity contribution in [3.8, 4) is 0 Å². The molecule has 1 saturated heterocycles. The molecule has 178 valence electrons. The van der Waals surface area contributed by atoms with Gasteiger partial charge < -0.3 is 25.5 Å². The van der Waals surface area contributed by atoms with Gasteiger partial charge in [0, 0.05) is 23.6 Å². The van der Waals surface area contributed by atoms with E-state index in [-0.39, 0.29) is 30.4 Å². The summed E-state index contributed by atoms with van der Waals surface area (Å²) in [6, 6.07) is 11.8. The molecule has 10 nitrogen and oxygen atoms in total. The predicted octanol–water partition coefficient (Wildman–Crippen LogP) is 2.79. The smallest absolute Gasteiger partial charge is 0.274 e. The number of nitrogens with one attached hydrogen (secondary N) is 3. The normalized spacial score (nSPS) is 17.7. The topological polar surface area (TPSA) is 142 Å². The second-order valence-corrected chi connectivity index (χ2v) is 8.28. The number of ether oxygens (including phenoxy) is 1. The second-order valence-electron chi connectivity index (χ2n) is 8.28. The van der Waals surface area contributed by atoms with Crippen molar-refractivity contribution in [3.05, 3.63) is 78.0 Å². The summed E-state index contributed by atoms with van der Waals surface area (Å²) in [7, 11) is 0. The van der Waals surface area contributed by atoms with Crippen LogP contribution in [-0.4, -0.2) is 62.1 Å². The highest BCUT2D eigenvalue weighted by molar-refractivity contribution is 6.18. The van der Waals surface area contributed by atoms with Crippen LogP contribution in [0.5, 0.6) is 0 Å². The third-order valence-electron chi connectivity index (χ3n) is 5.93. The number of anilines is 2. The van der Waals surface area contributed by atoms with Gasteiger partial charge >= 0.3 is 0 Å². The summed E-state index contributed by atoms with van der Waals surface area (Å²) in [5.74, 6) is 0.0259. The summed E-state index contributed by atoms with van der Waals surface area (Å²) in [6.45, 7) is 0.447. The first-order valence-electron chi connectivity index (χ1n) is 11.3. The number of hydrogen-bond donors (Lipinski definition) is 4. The zero-order valence-electron chi connectivity index (χ0n) is 18.8. The number of aliphatic hydroxyl groups excluding tert-OH is 1. The molecular formula is C25H24N6O4. The number of carbonyl (C=O) groups excluding carboxylic acids is 2. The number of nitrogens with zero attached hydrogens (tertiary/aromatic N) is 3. The van der Waals surface area contributed by atoms with Crippen LogP contribution < -0.4 is 10.6 Å². The number of ketones is 1. The lowest BCUT2D eigenvalue weighted by molar-refractivity contribution is -0.0224. The lowest BCUT2D eigenvalue weighted by atomic mass is 10.0. The maximum Gasteiger partial charge on any atom is 0.274 e. The fraction of sp³-hybridized carbons (Fsp3) is 0.240. The van der Waals surface area contributed by atoms with E-state index in [0.717, 1.165) is 12.8 Å². The molecule has 1 aliphatic rings. The molecule has 4 N–H and O–H groups in total. The van der Waals surface area contributed by atoms with E-state index in [9.17, 15) is 14.7 Å². The Labute approximate surface area is 200 Å². The maximum atomic E-state index is 13.3. The van der Waals surface area contributed by atoms with Crippen molar-refractivity contribution >= 4 is 34.2 Å². The van der Waals surface area contributed by atoms with Crippen LogP contribution in [0, 0.1) is 0 Å². The fourth-order valence-electron chi connectivity index (χ4n) is 4.06. The summed E-state index contributed by atoms with van der Waals surface area (Å²) in [4.78, 5) is 41.4. The molecule has 0 spiro atoms. The minimum Gasteiger partial charge on any atom is -0.394 e. The number of aliphatic hydroxyl groups is 1. The van der Waals surface area contributed by atoms with E-state index in [0.29, 0.717) is 46.0 Å². The molecule has 0 unspecified atom stereocenters. The van der Waals surface area contributed by atoms with E-state index in [1.807, 2.05) is 0 Å². The lowest BCUT2D eigenvalue weighted by Gasteiger charge is -2.29. The van der Waals surface area contributed by atoms with Crippen LogP contribution in [0.15, 0.2) is 61.2 Å². The maximum absolute atomic E-state index is 13.3. The van der Waals surface area contributed by atoms with Gasteiger partial charge in [-0.1, -0.05) is 6.07 Å². The Balaban J connectivity index is 1.34. The van der Waals surface area contributed by atoms with Crippen LogP contribution in [0.1, 0.15) is 39.3 Å². The highest BCUT2D eigenvalue weighted by Crippen LogP contribution is 2.28. The van der Waals surface area contributed by atoms with E-state index in [2.05, 4.69) is 30.6 Å². The zero-order chi connectivity index (χ0) is 24.2. The molecule has 1 aromatic carbocycles. The Hall–Kier alpha value is -4.15. The largest absolute Gasteiger partial charge is 0.394 e. The number of pyridine rings is 1.